The average molecular weight is 313 g/mol. The predicted molar refractivity (Wildman–Crippen MR) is 78.7 cm³/mol. The van der Waals surface area contributed by atoms with Crippen molar-refractivity contribution in [3.63, 3.8) is 0 Å². The van der Waals surface area contributed by atoms with Gasteiger partial charge in [0, 0.05) is 13.1 Å². The van der Waals surface area contributed by atoms with E-state index in [9.17, 15) is 8.42 Å². The molecule has 1 fully saturated rings. The number of ether oxygens (including phenoxy) is 1. The molecule has 1 heterocycles. The highest BCUT2D eigenvalue weighted by molar-refractivity contribution is 7.89. The van der Waals surface area contributed by atoms with E-state index in [1.807, 2.05) is 30.3 Å². The first kappa shape index (κ1) is 15.7. The lowest BCUT2D eigenvalue weighted by atomic mass is 10.2. The number of hydrogen-bond donors (Lipinski definition) is 2. The van der Waals surface area contributed by atoms with E-state index < -0.39 is 16.1 Å². The Hall–Kier alpha value is -1.64. The smallest absolute Gasteiger partial charge is 0.214 e. The molecule has 0 bridgehead atoms. The number of amidine groups is 1. The molecule has 0 amide bonds. The van der Waals surface area contributed by atoms with Gasteiger partial charge in [-0.2, -0.15) is 4.31 Å². The van der Waals surface area contributed by atoms with Crippen LogP contribution in [0.4, 0.5) is 0 Å². The lowest BCUT2D eigenvalue weighted by Crippen LogP contribution is -2.51. The lowest BCUT2D eigenvalue weighted by Gasteiger charge is -2.31. The first-order chi connectivity index (χ1) is 10.0. The molecule has 1 aliphatic rings. The number of morpholine rings is 1. The third-order valence-corrected chi connectivity index (χ3v) is 5.20. The van der Waals surface area contributed by atoms with Gasteiger partial charge in [0.05, 0.1) is 12.4 Å². The summed E-state index contributed by atoms with van der Waals surface area (Å²) < 4.78 is 31.3. The van der Waals surface area contributed by atoms with Crippen molar-refractivity contribution in [3.05, 3.63) is 35.9 Å². The fourth-order valence-electron chi connectivity index (χ4n) is 2.14. The summed E-state index contributed by atoms with van der Waals surface area (Å²) in [5.74, 6) is -0.0853. The maximum absolute atomic E-state index is 12.3. The number of benzene rings is 1. The van der Waals surface area contributed by atoms with Gasteiger partial charge in [0.1, 0.15) is 6.10 Å². The van der Waals surface area contributed by atoms with E-state index in [-0.39, 0.29) is 31.3 Å². The molecule has 116 valence electrons. The molecule has 1 unspecified atom stereocenters. The number of aryl methyl sites for hydroxylation is 1. The van der Waals surface area contributed by atoms with Gasteiger partial charge in [0.2, 0.25) is 10.0 Å². The second kappa shape index (κ2) is 6.88. The number of hydrogen-bond acceptors (Lipinski definition) is 5. The van der Waals surface area contributed by atoms with Gasteiger partial charge in [0.25, 0.3) is 0 Å². The van der Waals surface area contributed by atoms with Crippen LogP contribution < -0.4 is 5.73 Å². The largest absolute Gasteiger partial charge is 0.409 e. The number of nitrogens with zero attached hydrogens (tertiary/aromatic N) is 2. The van der Waals surface area contributed by atoms with Crippen molar-refractivity contribution < 1.29 is 18.4 Å². The molecule has 0 radical (unpaired) electrons. The summed E-state index contributed by atoms with van der Waals surface area (Å²) in [4.78, 5) is 0. The summed E-state index contributed by atoms with van der Waals surface area (Å²) in [5, 5.41) is 11.5. The first-order valence-corrected chi connectivity index (χ1v) is 8.24. The van der Waals surface area contributed by atoms with Gasteiger partial charge in [-0.05, 0) is 12.0 Å². The van der Waals surface area contributed by atoms with Gasteiger partial charge in [-0.15, -0.1) is 0 Å². The summed E-state index contributed by atoms with van der Waals surface area (Å²) in [6.45, 7) is 0.588. The minimum Gasteiger partial charge on any atom is -0.409 e. The van der Waals surface area contributed by atoms with Crippen LogP contribution >= 0.6 is 0 Å². The molecule has 1 atom stereocenters. The molecule has 1 aliphatic heterocycles. The Labute approximate surface area is 124 Å². The number of sulfonamides is 1. The molecule has 1 saturated heterocycles. The highest BCUT2D eigenvalue weighted by Gasteiger charge is 2.31. The van der Waals surface area contributed by atoms with Crippen LogP contribution in [0.1, 0.15) is 5.56 Å². The molecule has 1 aromatic carbocycles. The first-order valence-electron chi connectivity index (χ1n) is 6.63. The highest BCUT2D eigenvalue weighted by Crippen LogP contribution is 2.12. The summed E-state index contributed by atoms with van der Waals surface area (Å²) >= 11 is 0. The fraction of sp³-hybridized carbons (Fsp3) is 0.462. The third kappa shape index (κ3) is 4.16. The molecule has 21 heavy (non-hydrogen) atoms. The summed E-state index contributed by atoms with van der Waals surface area (Å²) in [6.07, 6.45) is -0.246. The molecule has 2 rings (SSSR count). The van der Waals surface area contributed by atoms with Gasteiger partial charge in [-0.1, -0.05) is 35.5 Å². The fourth-order valence-corrected chi connectivity index (χ4v) is 3.61. The van der Waals surface area contributed by atoms with Gasteiger partial charge in [-0.25, -0.2) is 8.42 Å². The monoisotopic (exact) mass is 313 g/mol. The standard InChI is InChI=1S/C13H19N3O4S/c14-13(15-17)12-10-16(7-8-20-12)21(18,19)9-6-11-4-2-1-3-5-11/h1-5,12,17H,6-10H2,(H2,14,15). The Kier molecular flexibility index (Phi) is 5.16. The van der Waals surface area contributed by atoms with Crippen LogP contribution in [-0.4, -0.2) is 55.3 Å². The van der Waals surface area contributed by atoms with Crippen molar-refractivity contribution in [3.8, 4) is 0 Å². The zero-order chi connectivity index (χ0) is 15.3. The van der Waals surface area contributed by atoms with Crippen molar-refractivity contribution in [2.24, 2.45) is 10.9 Å². The molecule has 0 aliphatic carbocycles. The average Bonchev–Trinajstić information content (AvgIpc) is 2.53. The van der Waals surface area contributed by atoms with E-state index >= 15 is 0 Å². The van der Waals surface area contributed by atoms with Crippen LogP contribution in [0.2, 0.25) is 0 Å². The SMILES string of the molecule is N/C(=N/O)C1CN(S(=O)(=O)CCc2ccccc2)CCO1. The molecular formula is C13H19N3O4S. The number of nitrogens with two attached hydrogens (primary N) is 1. The van der Waals surface area contributed by atoms with E-state index in [4.69, 9.17) is 15.7 Å². The number of rotatable bonds is 5. The Morgan fingerprint density at radius 2 is 2.14 bits per heavy atom. The van der Waals surface area contributed by atoms with E-state index in [1.165, 1.54) is 4.31 Å². The Bertz CT molecular complexity index is 589. The summed E-state index contributed by atoms with van der Waals surface area (Å²) in [5.41, 5.74) is 6.45. The zero-order valence-corrected chi connectivity index (χ0v) is 12.4. The van der Waals surface area contributed by atoms with Crippen LogP contribution in [0, 0.1) is 0 Å². The van der Waals surface area contributed by atoms with Gasteiger partial charge in [-0.3, -0.25) is 0 Å². The Balaban J connectivity index is 1.99. The van der Waals surface area contributed by atoms with Crippen LogP contribution in [0.15, 0.2) is 35.5 Å². The van der Waals surface area contributed by atoms with Crippen molar-refractivity contribution in [1.29, 1.82) is 0 Å². The predicted octanol–water partition coefficient (Wildman–Crippen LogP) is 0.00610. The van der Waals surface area contributed by atoms with E-state index in [0.717, 1.165) is 5.56 Å². The minimum absolute atomic E-state index is 0.0277. The molecular weight excluding hydrogens is 294 g/mol. The molecule has 0 aromatic heterocycles. The molecule has 0 spiro atoms. The Morgan fingerprint density at radius 1 is 1.43 bits per heavy atom. The van der Waals surface area contributed by atoms with Crippen molar-refractivity contribution in [1.82, 2.24) is 4.31 Å². The van der Waals surface area contributed by atoms with E-state index in [0.29, 0.717) is 6.42 Å². The normalized spacial score (nSPS) is 21.3. The lowest BCUT2D eigenvalue weighted by molar-refractivity contribution is 0.0355. The molecule has 8 heteroatoms. The van der Waals surface area contributed by atoms with Crippen molar-refractivity contribution in [2.45, 2.75) is 12.5 Å². The van der Waals surface area contributed by atoms with Gasteiger partial charge < -0.3 is 15.7 Å². The zero-order valence-electron chi connectivity index (χ0n) is 11.6. The van der Waals surface area contributed by atoms with Crippen LogP contribution in [0.5, 0.6) is 0 Å². The minimum atomic E-state index is -3.40. The second-order valence-electron chi connectivity index (χ2n) is 4.79. The summed E-state index contributed by atoms with van der Waals surface area (Å²) in [7, 11) is -3.40. The number of oxime groups is 1. The van der Waals surface area contributed by atoms with E-state index in [2.05, 4.69) is 5.16 Å². The quantitative estimate of drug-likeness (QED) is 0.345. The van der Waals surface area contributed by atoms with Crippen LogP contribution in [-0.2, 0) is 21.2 Å². The Morgan fingerprint density at radius 3 is 2.81 bits per heavy atom. The maximum atomic E-state index is 12.3. The molecule has 0 saturated carbocycles. The van der Waals surface area contributed by atoms with Gasteiger partial charge in [0.15, 0.2) is 5.84 Å². The van der Waals surface area contributed by atoms with Crippen LogP contribution in [0.25, 0.3) is 0 Å². The maximum Gasteiger partial charge on any atom is 0.214 e. The molecule has 7 nitrogen and oxygen atoms in total. The van der Waals surface area contributed by atoms with Crippen molar-refractivity contribution in [2.75, 3.05) is 25.4 Å². The third-order valence-electron chi connectivity index (χ3n) is 3.36. The topological polar surface area (TPSA) is 105 Å². The summed E-state index contributed by atoms with van der Waals surface area (Å²) in [6, 6.07) is 9.44. The highest BCUT2D eigenvalue weighted by atomic mass is 32.2. The van der Waals surface area contributed by atoms with Gasteiger partial charge >= 0.3 is 0 Å². The van der Waals surface area contributed by atoms with Crippen molar-refractivity contribution >= 4 is 15.9 Å². The molecule has 3 N–H and O–H groups in total. The van der Waals surface area contributed by atoms with E-state index in [1.54, 1.807) is 0 Å². The van der Waals surface area contributed by atoms with Crippen LogP contribution in [0.3, 0.4) is 0 Å². The molecule has 1 aromatic rings. The second-order valence-corrected chi connectivity index (χ2v) is 6.88.